The third-order valence-electron chi connectivity index (χ3n) is 0.585. The second-order valence-corrected chi connectivity index (χ2v) is 1.20. The predicted octanol–water partition coefficient (Wildman–Crippen LogP) is -0.733. The Morgan fingerprint density at radius 3 is 3.00 bits per heavy atom. The monoisotopic (exact) mass is 128 g/mol. The average molecular weight is 128 g/mol. The summed E-state index contributed by atoms with van der Waals surface area (Å²) in [6.07, 6.45) is 2.41. The fourth-order valence-corrected chi connectivity index (χ4v) is 0.257. The van der Waals surface area contributed by atoms with Gasteiger partial charge in [-0.3, -0.25) is 9.79 Å². The van der Waals surface area contributed by atoms with Crippen LogP contribution >= 0.6 is 0 Å². The number of aliphatic hydroxyl groups is 1. The Bertz CT molecular complexity index is 131. The molecule has 0 heterocycles. The summed E-state index contributed by atoms with van der Waals surface area (Å²) >= 11 is 0. The molecule has 0 fully saturated rings. The zero-order valence-electron chi connectivity index (χ0n) is 4.87. The van der Waals surface area contributed by atoms with Gasteiger partial charge in [-0.25, -0.2) is 0 Å². The van der Waals surface area contributed by atoms with E-state index in [0.717, 1.165) is 0 Å². The molecule has 0 saturated heterocycles. The third kappa shape index (κ3) is 4.70. The van der Waals surface area contributed by atoms with Crippen molar-refractivity contribution in [2.75, 3.05) is 6.73 Å². The largest absolute Gasteiger partial charge is 0.376 e. The molecule has 0 spiro atoms. The van der Waals surface area contributed by atoms with Gasteiger partial charge in [-0.05, 0) is 6.72 Å². The van der Waals surface area contributed by atoms with E-state index in [4.69, 9.17) is 5.11 Å². The molecule has 0 aromatic rings. The second kappa shape index (κ2) is 4.99. The summed E-state index contributed by atoms with van der Waals surface area (Å²) in [5.74, 6) is -0.384. The molecular formula is C5H8N2O2. The van der Waals surface area contributed by atoms with E-state index in [-0.39, 0.29) is 12.6 Å². The number of nitrogens with one attached hydrogen (secondary N) is 1. The van der Waals surface area contributed by atoms with Crippen LogP contribution in [0.15, 0.2) is 17.3 Å². The molecule has 0 saturated carbocycles. The zero-order valence-corrected chi connectivity index (χ0v) is 4.87. The molecule has 1 amide bonds. The van der Waals surface area contributed by atoms with Gasteiger partial charge >= 0.3 is 0 Å². The van der Waals surface area contributed by atoms with Crippen molar-refractivity contribution in [3.05, 3.63) is 12.3 Å². The normalized spacial score (nSPS) is 9.44. The molecule has 2 N–H and O–H groups in total. The molecule has 0 aromatic heterocycles. The summed E-state index contributed by atoms with van der Waals surface area (Å²) < 4.78 is 0. The highest BCUT2D eigenvalue weighted by atomic mass is 16.3. The topological polar surface area (TPSA) is 61.7 Å². The van der Waals surface area contributed by atoms with Crippen LogP contribution < -0.4 is 5.32 Å². The van der Waals surface area contributed by atoms with Crippen LogP contribution in [0.1, 0.15) is 0 Å². The van der Waals surface area contributed by atoms with E-state index in [1.54, 1.807) is 0 Å². The van der Waals surface area contributed by atoms with Gasteiger partial charge in [0.25, 0.3) is 0 Å². The minimum absolute atomic E-state index is 0.361. The number of amides is 1. The number of carbonyl (C=O) groups is 1. The highest BCUT2D eigenvalue weighted by Crippen LogP contribution is 1.71. The van der Waals surface area contributed by atoms with Crippen LogP contribution in [0.5, 0.6) is 0 Å². The van der Waals surface area contributed by atoms with Crippen molar-refractivity contribution in [3.8, 4) is 0 Å². The SMILES string of the molecule is C=N/C=C\C(=O)NCO. The maximum atomic E-state index is 10.4. The van der Waals surface area contributed by atoms with Gasteiger partial charge in [-0.2, -0.15) is 0 Å². The van der Waals surface area contributed by atoms with E-state index in [2.05, 4.69) is 17.0 Å². The van der Waals surface area contributed by atoms with Crippen LogP contribution in [-0.2, 0) is 4.79 Å². The van der Waals surface area contributed by atoms with E-state index >= 15 is 0 Å². The van der Waals surface area contributed by atoms with Gasteiger partial charge in [0, 0.05) is 12.3 Å². The van der Waals surface area contributed by atoms with Crippen LogP contribution in [0.25, 0.3) is 0 Å². The molecule has 0 unspecified atom stereocenters. The van der Waals surface area contributed by atoms with Gasteiger partial charge < -0.3 is 10.4 Å². The van der Waals surface area contributed by atoms with Gasteiger partial charge in [0.1, 0.15) is 6.73 Å². The van der Waals surface area contributed by atoms with Gasteiger partial charge in [0.15, 0.2) is 0 Å². The second-order valence-electron chi connectivity index (χ2n) is 1.20. The lowest BCUT2D eigenvalue weighted by Gasteiger charge is -1.90. The smallest absolute Gasteiger partial charge is 0.247 e. The van der Waals surface area contributed by atoms with E-state index in [1.807, 2.05) is 0 Å². The van der Waals surface area contributed by atoms with E-state index in [0.29, 0.717) is 0 Å². The summed E-state index contributed by atoms with van der Waals surface area (Å²) in [7, 11) is 0. The first kappa shape index (κ1) is 7.84. The fraction of sp³-hybridized carbons (Fsp3) is 0.200. The fourth-order valence-electron chi connectivity index (χ4n) is 0.257. The van der Waals surface area contributed by atoms with Crippen molar-refractivity contribution in [2.24, 2.45) is 4.99 Å². The molecule has 0 aliphatic heterocycles. The van der Waals surface area contributed by atoms with Crippen molar-refractivity contribution in [1.82, 2.24) is 5.32 Å². The Balaban J connectivity index is 3.49. The number of nitrogens with zero attached hydrogens (tertiary/aromatic N) is 1. The molecule has 0 radical (unpaired) electrons. The molecule has 0 rings (SSSR count). The average Bonchev–Trinajstić information content (AvgIpc) is 1.85. The molecule has 0 aromatic carbocycles. The minimum Gasteiger partial charge on any atom is -0.376 e. The van der Waals surface area contributed by atoms with E-state index in [1.165, 1.54) is 12.3 Å². The molecule has 0 bridgehead atoms. The molecule has 0 atom stereocenters. The van der Waals surface area contributed by atoms with Gasteiger partial charge in [0.2, 0.25) is 5.91 Å². The number of aliphatic hydroxyl groups excluding tert-OH is 1. The maximum Gasteiger partial charge on any atom is 0.247 e. The van der Waals surface area contributed by atoms with E-state index < -0.39 is 0 Å². The number of carbonyl (C=O) groups excluding carboxylic acids is 1. The Labute approximate surface area is 52.9 Å². The highest BCUT2D eigenvalue weighted by molar-refractivity contribution is 5.87. The van der Waals surface area contributed by atoms with Crippen molar-refractivity contribution < 1.29 is 9.90 Å². The molecule has 50 valence electrons. The first-order valence-electron chi connectivity index (χ1n) is 2.32. The Hall–Kier alpha value is -1.16. The lowest BCUT2D eigenvalue weighted by Crippen LogP contribution is -2.21. The van der Waals surface area contributed by atoms with Gasteiger partial charge in [0.05, 0.1) is 0 Å². The molecule has 0 aliphatic carbocycles. The Kier molecular flexibility index (Phi) is 4.34. The van der Waals surface area contributed by atoms with E-state index in [9.17, 15) is 4.79 Å². The first-order valence-corrected chi connectivity index (χ1v) is 2.32. The summed E-state index contributed by atoms with van der Waals surface area (Å²) in [6, 6.07) is 0. The summed E-state index contributed by atoms with van der Waals surface area (Å²) in [4.78, 5) is 13.6. The van der Waals surface area contributed by atoms with Gasteiger partial charge in [-0.1, -0.05) is 0 Å². The lowest BCUT2D eigenvalue weighted by molar-refractivity contribution is -0.117. The van der Waals surface area contributed by atoms with Gasteiger partial charge in [-0.15, -0.1) is 0 Å². The molecule has 0 aliphatic rings. The summed E-state index contributed by atoms with van der Waals surface area (Å²) in [5.41, 5.74) is 0. The lowest BCUT2D eigenvalue weighted by atomic mass is 10.6. The van der Waals surface area contributed by atoms with Crippen LogP contribution in [0.2, 0.25) is 0 Å². The quantitative estimate of drug-likeness (QED) is 0.299. The Morgan fingerprint density at radius 2 is 2.56 bits per heavy atom. The van der Waals surface area contributed by atoms with Crippen molar-refractivity contribution in [1.29, 1.82) is 0 Å². The number of rotatable bonds is 3. The Morgan fingerprint density at radius 1 is 1.89 bits per heavy atom. The van der Waals surface area contributed by atoms with Crippen molar-refractivity contribution in [3.63, 3.8) is 0 Å². The number of hydrogen-bond acceptors (Lipinski definition) is 3. The number of hydrogen-bond donors (Lipinski definition) is 2. The molecule has 9 heavy (non-hydrogen) atoms. The van der Waals surface area contributed by atoms with Crippen LogP contribution in [-0.4, -0.2) is 24.5 Å². The zero-order chi connectivity index (χ0) is 7.11. The van der Waals surface area contributed by atoms with Crippen LogP contribution in [0, 0.1) is 0 Å². The predicted molar refractivity (Wildman–Crippen MR) is 33.9 cm³/mol. The van der Waals surface area contributed by atoms with Crippen LogP contribution in [0.3, 0.4) is 0 Å². The van der Waals surface area contributed by atoms with Crippen molar-refractivity contribution >= 4 is 12.6 Å². The summed E-state index contributed by atoms with van der Waals surface area (Å²) in [5, 5.41) is 10.2. The standard InChI is InChI=1S/C5H8N2O2/c1-6-3-2-5(9)7-4-8/h2-3,8H,1,4H2,(H,7,9)/b3-2-. The van der Waals surface area contributed by atoms with Crippen LogP contribution in [0.4, 0.5) is 0 Å². The minimum atomic E-state index is -0.384. The molecule has 4 heteroatoms. The molecule has 4 nitrogen and oxygen atoms in total. The number of aliphatic imine (C=N–C) groups is 1. The molecular weight excluding hydrogens is 120 g/mol. The van der Waals surface area contributed by atoms with Crippen molar-refractivity contribution in [2.45, 2.75) is 0 Å². The highest BCUT2D eigenvalue weighted by Gasteiger charge is 1.87. The summed E-state index contributed by atoms with van der Waals surface area (Å²) in [6.45, 7) is 2.75. The first-order chi connectivity index (χ1) is 4.31. The third-order valence-corrected chi connectivity index (χ3v) is 0.585. The maximum absolute atomic E-state index is 10.4.